The van der Waals surface area contributed by atoms with Crippen molar-refractivity contribution in [3.63, 3.8) is 0 Å². The predicted octanol–water partition coefficient (Wildman–Crippen LogP) is -1.59. The molecule has 0 saturated heterocycles. The van der Waals surface area contributed by atoms with Crippen molar-refractivity contribution < 1.29 is 24.9 Å². The molecular weight excluding hydrogens is 229 g/mol. The van der Waals surface area contributed by atoms with Gasteiger partial charge in [-0.1, -0.05) is 0 Å². The Kier molecular flexibility index (Phi) is 3600. The molecule has 0 fully saturated rings. The van der Waals surface area contributed by atoms with Crippen LogP contribution in [0.4, 0.5) is 0 Å². The molecule has 0 amide bonds. The Labute approximate surface area is 65.3 Å². The van der Waals surface area contributed by atoms with Crippen LogP contribution in [0.2, 0.25) is 0 Å². The first kappa shape index (κ1) is 98.5. The molecule has 0 atom stereocenters. The standard InChI is InChI=1S/Al.4H2O.O.Sb/h;4*1H2;;/q+3;;;;;;+1/p-4. The Morgan fingerprint density at radius 1 is 0.714 bits per heavy atom. The topological polar surface area (TPSA) is 137 Å². The summed E-state index contributed by atoms with van der Waals surface area (Å²) in [6.45, 7) is 0. The first-order chi connectivity index (χ1) is 1.00. The number of hydrogen-bond acceptors (Lipinski definition) is 5. The first-order valence-electron chi connectivity index (χ1n) is 0.183. The van der Waals surface area contributed by atoms with Crippen LogP contribution in [0.3, 0.4) is 0 Å². The van der Waals surface area contributed by atoms with E-state index in [0.29, 0.717) is 23.0 Å². The van der Waals surface area contributed by atoms with Crippen LogP contribution in [0.5, 0.6) is 0 Å². The predicted molar refractivity (Wildman–Crippen MR) is 19.9 cm³/mol. The van der Waals surface area contributed by atoms with Crippen LogP contribution >= 0.6 is 0 Å². The molecular formula is H4AlO5Sb. The van der Waals surface area contributed by atoms with Crippen molar-refractivity contribution in [1.29, 1.82) is 0 Å². The second-order valence-corrected chi connectivity index (χ2v) is 0. The van der Waals surface area contributed by atoms with E-state index in [4.69, 9.17) is 3.02 Å². The van der Waals surface area contributed by atoms with Crippen LogP contribution in [0, 0.1) is 0 Å². The van der Waals surface area contributed by atoms with Gasteiger partial charge in [0, 0.05) is 0 Å². The normalized spacial score (nSPS) is 0.571. The third kappa shape index (κ3) is 177. The van der Waals surface area contributed by atoms with Gasteiger partial charge in [-0.25, -0.2) is 0 Å². The van der Waals surface area contributed by atoms with E-state index in [1.165, 1.54) is 0 Å². The number of rotatable bonds is 0. The van der Waals surface area contributed by atoms with E-state index in [9.17, 15) is 0 Å². The maximum absolute atomic E-state index is 8.30. The quantitative estimate of drug-likeness (QED) is 0.464. The molecule has 7 heavy (non-hydrogen) atoms. The molecule has 0 aliphatic carbocycles. The summed E-state index contributed by atoms with van der Waals surface area (Å²) in [6.07, 6.45) is 0. The Balaban J connectivity index is -0.000000000500. The molecule has 0 heterocycles. The molecule has 4 N–H and O–H groups in total. The SMILES string of the molecule is [Al+3].[OH-].[OH-].[OH-].[OH-].[O]=[Sb+]. The first-order valence-corrected chi connectivity index (χ1v) is 1.22. The Morgan fingerprint density at radius 3 is 0.714 bits per heavy atom. The van der Waals surface area contributed by atoms with Gasteiger partial charge in [0.15, 0.2) is 0 Å². The molecule has 2 radical (unpaired) electrons. The van der Waals surface area contributed by atoms with Crippen molar-refractivity contribution in [3.8, 4) is 0 Å². The molecule has 0 unspecified atom stereocenters. The second-order valence-electron chi connectivity index (χ2n) is 0. The summed E-state index contributed by atoms with van der Waals surface area (Å²) in [5.74, 6) is 0. The minimum absolute atomic E-state index is 0. The van der Waals surface area contributed by atoms with E-state index in [-0.39, 0.29) is 39.3 Å². The van der Waals surface area contributed by atoms with E-state index in [1.807, 2.05) is 0 Å². The van der Waals surface area contributed by atoms with Gasteiger partial charge in [0.25, 0.3) is 0 Å². The molecule has 42 valence electrons. The summed E-state index contributed by atoms with van der Waals surface area (Å²) in [6, 6.07) is 0. The van der Waals surface area contributed by atoms with Crippen LogP contribution in [0.1, 0.15) is 0 Å². The zero-order valence-electron chi connectivity index (χ0n) is 3.22. The molecule has 0 aliphatic rings. The van der Waals surface area contributed by atoms with Gasteiger partial charge in [-0.3, -0.25) is 0 Å². The Bertz CT molecular complexity index is 8.04. The molecule has 0 saturated carbocycles. The molecule has 0 spiro atoms. The summed E-state index contributed by atoms with van der Waals surface area (Å²) < 4.78 is 8.30. The fourth-order valence-corrected chi connectivity index (χ4v) is 0. The Morgan fingerprint density at radius 2 is 0.714 bits per heavy atom. The summed E-state index contributed by atoms with van der Waals surface area (Å²) in [4.78, 5) is 0. The van der Waals surface area contributed by atoms with Gasteiger partial charge in [0.1, 0.15) is 0 Å². The van der Waals surface area contributed by atoms with Crippen molar-refractivity contribution in [2.75, 3.05) is 0 Å². The van der Waals surface area contributed by atoms with Crippen LogP contribution in [0.25, 0.3) is 0 Å². The fourth-order valence-electron chi connectivity index (χ4n) is 0. The molecule has 0 aromatic heterocycles. The summed E-state index contributed by atoms with van der Waals surface area (Å²) in [5, 5.41) is 0. The summed E-state index contributed by atoms with van der Waals surface area (Å²) >= 11 is 0.500. The van der Waals surface area contributed by atoms with Gasteiger partial charge >= 0.3 is 43.4 Å². The van der Waals surface area contributed by atoms with Gasteiger partial charge in [0.05, 0.1) is 0 Å². The molecule has 0 bridgehead atoms. The molecule has 0 aromatic carbocycles. The minimum atomic E-state index is 0. The average molecular weight is 233 g/mol. The van der Waals surface area contributed by atoms with E-state index in [1.54, 1.807) is 0 Å². The Hall–Kier alpha value is 0.991. The van der Waals surface area contributed by atoms with Gasteiger partial charge in [-0.15, -0.1) is 0 Å². The molecule has 7 heteroatoms. The zero-order valence-corrected chi connectivity index (χ0v) is 6.93. The van der Waals surface area contributed by atoms with Crippen LogP contribution in [-0.2, 0) is 3.02 Å². The maximum atomic E-state index is 8.30. The van der Waals surface area contributed by atoms with E-state index < -0.39 is 0 Å². The average Bonchev–Trinajstić information content (AvgIpc) is 1.00. The van der Waals surface area contributed by atoms with E-state index >= 15 is 0 Å². The summed E-state index contributed by atoms with van der Waals surface area (Å²) in [7, 11) is 0. The summed E-state index contributed by atoms with van der Waals surface area (Å²) in [5.41, 5.74) is 0. The van der Waals surface area contributed by atoms with Crippen molar-refractivity contribution >= 4 is 40.4 Å². The van der Waals surface area contributed by atoms with Crippen LogP contribution in [0.15, 0.2) is 0 Å². The van der Waals surface area contributed by atoms with Gasteiger partial charge in [-0.2, -0.15) is 0 Å². The molecule has 0 aliphatic heterocycles. The van der Waals surface area contributed by atoms with E-state index in [0.717, 1.165) is 0 Å². The molecule has 5 nitrogen and oxygen atoms in total. The van der Waals surface area contributed by atoms with Gasteiger partial charge < -0.3 is 21.9 Å². The van der Waals surface area contributed by atoms with Crippen molar-refractivity contribution in [2.24, 2.45) is 0 Å². The van der Waals surface area contributed by atoms with Crippen LogP contribution in [-0.4, -0.2) is 62.3 Å². The van der Waals surface area contributed by atoms with Gasteiger partial charge in [-0.05, 0) is 0 Å². The molecule has 0 rings (SSSR count). The van der Waals surface area contributed by atoms with E-state index in [2.05, 4.69) is 0 Å². The molecule has 0 aromatic rings. The van der Waals surface area contributed by atoms with Crippen molar-refractivity contribution in [2.45, 2.75) is 0 Å². The fraction of sp³-hybridized carbons (Fsp3) is 0. The monoisotopic (exact) mass is 232 g/mol. The third-order valence-corrected chi connectivity index (χ3v) is 0. The third-order valence-electron chi connectivity index (χ3n) is 0. The van der Waals surface area contributed by atoms with Crippen molar-refractivity contribution in [3.05, 3.63) is 0 Å². The zero-order chi connectivity index (χ0) is 2.00. The van der Waals surface area contributed by atoms with Crippen LogP contribution < -0.4 is 0 Å². The second kappa shape index (κ2) is 256. The van der Waals surface area contributed by atoms with Crippen molar-refractivity contribution in [1.82, 2.24) is 0 Å². The number of hydrogen-bond donors (Lipinski definition) is 0. The van der Waals surface area contributed by atoms with Gasteiger partial charge in [0.2, 0.25) is 0 Å².